The predicted molar refractivity (Wildman–Crippen MR) is 86.5 cm³/mol. The number of rotatable bonds is 0. The van der Waals surface area contributed by atoms with Crippen LogP contribution in [0.2, 0.25) is 0 Å². The van der Waals surface area contributed by atoms with Gasteiger partial charge in [0.1, 0.15) is 0 Å². The van der Waals surface area contributed by atoms with E-state index in [0.29, 0.717) is 0 Å². The van der Waals surface area contributed by atoms with E-state index in [1.165, 1.54) is 22.3 Å². The fourth-order valence-corrected chi connectivity index (χ4v) is 5.00. The van der Waals surface area contributed by atoms with Crippen LogP contribution in [0, 0.1) is 0 Å². The molecule has 0 amide bonds. The molecule has 2 heteroatoms. The molecule has 20 heavy (non-hydrogen) atoms. The summed E-state index contributed by atoms with van der Waals surface area (Å²) in [6.45, 7) is 4.57. The highest BCUT2D eigenvalue weighted by Gasteiger charge is 2.59. The summed E-state index contributed by atoms with van der Waals surface area (Å²) in [5.41, 5.74) is 11.9. The van der Waals surface area contributed by atoms with Crippen LogP contribution < -0.4 is 5.73 Å². The van der Waals surface area contributed by atoms with E-state index >= 15 is 0 Å². The minimum absolute atomic E-state index is 0.0284. The van der Waals surface area contributed by atoms with Gasteiger partial charge in [0, 0.05) is 22.1 Å². The van der Waals surface area contributed by atoms with Gasteiger partial charge in [-0.1, -0.05) is 55.5 Å². The lowest BCUT2D eigenvalue weighted by Gasteiger charge is -2.59. The molecule has 2 aromatic carbocycles. The monoisotopic (exact) mass is 281 g/mol. The van der Waals surface area contributed by atoms with Gasteiger partial charge in [0.05, 0.1) is 0 Å². The van der Waals surface area contributed by atoms with Gasteiger partial charge in [-0.2, -0.15) is 12.6 Å². The maximum Gasteiger partial charge on any atom is 0.0342 e. The fourth-order valence-electron chi connectivity index (χ4n) is 4.42. The molecule has 102 valence electrons. The second kappa shape index (κ2) is 3.69. The molecule has 3 aliphatic rings. The maximum atomic E-state index is 6.64. The number of hydrogen-bond donors (Lipinski definition) is 2. The zero-order chi connectivity index (χ0) is 14.1. The van der Waals surface area contributed by atoms with Gasteiger partial charge in [-0.25, -0.2) is 0 Å². The second-order valence-electron chi connectivity index (χ2n) is 6.47. The summed E-state index contributed by atoms with van der Waals surface area (Å²) in [7, 11) is 0. The van der Waals surface area contributed by atoms with Crippen LogP contribution in [-0.2, 0) is 10.8 Å². The minimum Gasteiger partial charge on any atom is -0.326 e. The largest absolute Gasteiger partial charge is 0.326 e. The van der Waals surface area contributed by atoms with Crippen LogP contribution in [0.15, 0.2) is 48.5 Å². The standard InChI is InChI=1S/C18H19NS/c1-17-11-7-3-5-9-13(11)18(2,16(20)15(17)19)14-10-6-4-8-12(14)17/h3-10,15-16,20H,19H2,1-2H3. The lowest BCUT2D eigenvalue weighted by Crippen LogP contribution is -2.65. The smallest absolute Gasteiger partial charge is 0.0342 e. The summed E-state index contributed by atoms with van der Waals surface area (Å²) in [6.07, 6.45) is 0. The van der Waals surface area contributed by atoms with Crippen molar-refractivity contribution >= 4 is 12.6 Å². The third-order valence-corrected chi connectivity index (χ3v) is 6.53. The average molecular weight is 281 g/mol. The Morgan fingerprint density at radius 2 is 1.15 bits per heavy atom. The normalized spacial score (nSPS) is 37.4. The molecule has 3 aliphatic carbocycles. The first-order valence-corrected chi connectivity index (χ1v) is 7.67. The summed E-state index contributed by atoms with van der Waals surface area (Å²) in [6, 6.07) is 17.5. The number of fused-ring (bicyclic) bond motifs is 1. The van der Waals surface area contributed by atoms with Crippen molar-refractivity contribution in [3.63, 3.8) is 0 Å². The quantitative estimate of drug-likeness (QED) is 0.712. The molecule has 0 spiro atoms. The number of benzene rings is 2. The van der Waals surface area contributed by atoms with Gasteiger partial charge in [0.2, 0.25) is 0 Å². The van der Waals surface area contributed by atoms with E-state index in [1.807, 2.05) is 0 Å². The van der Waals surface area contributed by atoms with Crippen molar-refractivity contribution in [1.29, 1.82) is 0 Å². The van der Waals surface area contributed by atoms with Gasteiger partial charge in [0.15, 0.2) is 0 Å². The Bertz CT molecular complexity index is 599. The summed E-state index contributed by atoms with van der Waals surface area (Å²) >= 11 is 4.93. The van der Waals surface area contributed by atoms with Gasteiger partial charge in [-0.05, 0) is 29.2 Å². The molecule has 2 unspecified atom stereocenters. The van der Waals surface area contributed by atoms with Crippen LogP contribution in [0.25, 0.3) is 0 Å². The first-order valence-electron chi connectivity index (χ1n) is 7.16. The van der Waals surface area contributed by atoms with Crippen molar-refractivity contribution in [3.8, 4) is 0 Å². The van der Waals surface area contributed by atoms with Gasteiger partial charge in [-0.15, -0.1) is 0 Å². The number of nitrogens with two attached hydrogens (primary N) is 1. The molecule has 0 aromatic heterocycles. The molecule has 0 heterocycles. The highest BCUT2D eigenvalue weighted by Crippen LogP contribution is 2.59. The van der Waals surface area contributed by atoms with Crippen LogP contribution in [-0.4, -0.2) is 11.3 Å². The molecule has 0 saturated carbocycles. The fraction of sp³-hybridized carbons (Fsp3) is 0.333. The molecule has 2 atom stereocenters. The van der Waals surface area contributed by atoms with Crippen LogP contribution in [0.4, 0.5) is 0 Å². The third kappa shape index (κ3) is 1.13. The van der Waals surface area contributed by atoms with Gasteiger partial charge >= 0.3 is 0 Å². The van der Waals surface area contributed by atoms with E-state index in [1.54, 1.807) is 0 Å². The molecule has 0 fully saturated rings. The zero-order valence-corrected chi connectivity index (χ0v) is 12.7. The predicted octanol–water partition coefficient (Wildman–Crippen LogP) is 3.25. The molecule has 0 aliphatic heterocycles. The highest BCUT2D eigenvalue weighted by atomic mass is 32.1. The lowest BCUT2D eigenvalue weighted by molar-refractivity contribution is 0.293. The first-order chi connectivity index (χ1) is 9.52. The summed E-state index contributed by atoms with van der Waals surface area (Å²) in [5.74, 6) is 0. The third-order valence-electron chi connectivity index (χ3n) is 5.69. The van der Waals surface area contributed by atoms with Crippen molar-refractivity contribution in [2.45, 2.75) is 36.0 Å². The molecule has 5 rings (SSSR count). The van der Waals surface area contributed by atoms with E-state index in [0.717, 1.165) is 0 Å². The summed E-state index contributed by atoms with van der Waals surface area (Å²) in [5, 5.41) is 0.136. The van der Waals surface area contributed by atoms with E-state index in [4.69, 9.17) is 18.4 Å². The van der Waals surface area contributed by atoms with E-state index in [-0.39, 0.29) is 22.1 Å². The molecule has 0 radical (unpaired) electrons. The van der Waals surface area contributed by atoms with Crippen LogP contribution in [0.3, 0.4) is 0 Å². The van der Waals surface area contributed by atoms with Crippen molar-refractivity contribution in [2.75, 3.05) is 0 Å². The van der Waals surface area contributed by atoms with E-state index in [2.05, 4.69) is 62.4 Å². The van der Waals surface area contributed by atoms with Crippen LogP contribution in [0.1, 0.15) is 36.1 Å². The first kappa shape index (κ1) is 12.5. The Balaban J connectivity index is 2.20. The Morgan fingerprint density at radius 3 is 1.55 bits per heavy atom. The second-order valence-corrected chi connectivity index (χ2v) is 7.02. The van der Waals surface area contributed by atoms with E-state index in [9.17, 15) is 0 Å². The van der Waals surface area contributed by atoms with Crippen molar-refractivity contribution in [2.24, 2.45) is 5.73 Å². The van der Waals surface area contributed by atoms with E-state index < -0.39 is 0 Å². The average Bonchev–Trinajstić information content (AvgIpc) is 2.50. The summed E-state index contributed by atoms with van der Waals surface area (Å²) < 4.78 is 0. The van der Waals surface area contributed by atoms with Gasteiger partial charge < -0.3 is 5.73 Å². The Morgan fingerprint density at radius 1 is 0.800 bits per heavy atom. The molecule has 2 N–H and O–H groups in total. The Labute approximate surface area is 125 Å². The zero-order valence-electron chi connectivity index (χ0n) is 11.8. The Hall–Kier alpha value is -1.25. The van der Waals surface area contributed by atoms with Crippen molar-refractivity contribution < 1.29 is 0 Å². The topological polar surface area (TPSA) is 26.0 Å². The molecule has 0 saturated heterocycles. The van der Waals surface area contributed by atoms with Gasteiger partial charge in [0.25, 0.3) is 0 Å². The maximum absolute atomic E-state index is 6.64. The number of hydrogen-bond acceptors (Lipinski definition) is 2. The van der Waals surface area contributed by atoms with Crippen molar-refractivity contribution in [1.82, 2.24) is 0 Å². The molecular formula is C18H19NS. The highest BCUT2D eigenvalue weighted by molar-refractivity contribution is 7.81. The van der Waals surface area contributed by atoms with Crippen LogP contribution in [0.5, 0.6) is 0 Å². The number of thiol groups is 1. The van der Waals surface area contributed by atoms with Crippen LogP contribution >= 0.6 is 12.6 Å². The molecule has 2 bridgehead atoms. The SMILES string of the molecule is CC12c3ccccc3C(C)(c3ccccc31)C(S)C2N. The Kier molecular flexibility index (Phi) is 2.30. The molecule has 1 nitrogen and oxygen atoms in total. The van der Waals surface area contributed by atoms with Gasteiger partial charge in [-0.3, -0.25) is 0 Å². The van der Waals surface area contributed by atoms with Crippen molar-refractivity contribution in [3.05, 3.63) is 70.8 Å². The molecular weight excluding hydrogens is 262 g/mol. The molecule has 2 aromatic rings. The minimum atomic E-state index is -0.142. The lowest BCUT2D eigenvalue weighted by atomic mass is 9.48. The summed E-state index contributed by atoms with van der Waals surface area (Å²) in [4.78, 5) is 0.